The Bertz CT molecular complexity index is 383. The smallest absolute Gasteiger partial charge is 0.241 e. The maximum absolute atomic E-state index is 12.7. The van der Waals surface area contributed by atoms with Crippen molar-refractivity contribution in [3.05, 3.63) is 0 Å². The number of likely N-dealkylation sites (N-methyl/N-ethyl adjacent to an activating group) is 1. The number of nitrogens with one attached hydrogen (secondary N) is 1. The molecule has 116 valence electrons. The van der Waals surface area contributed by atoms with Crippen molar-refractivity contribution in [2.75, 3.05) is 27.2 Å². The van der Waals surface area contributed by atoms with Crippen LogP contribution in [0.25, 0.3) is 0 Å². The van der Waals surface area contributed by atoms with Gasteiger partial charge in [-0.2, -0.15) is 0 Å². The Morgan fingerprint density at radius 2 is 2.15 bits per heavy atom. The van der Waals surface area contributed by atoms with E-state index in [0.717, 1.165) is 26.0 Å². The van der Waals surface area contributed by atoms with Crippen molar-refractivity contribution in [3.63, 3.8) is 0 Å². The Morgan fingerprint density at radius 3 is 2.75 bits per heavy atom. The van der Waals surface area contributed by atoms with Gasteiger partial charge in [-0.1, -0.05) is 13.8 Å². The molecular formula is C15H29N3O2. The zero-order valence-electron chi connectivity index (χ0n) is 13.4. The molecule has 2 aliphatic rings. The normalized spacial score (nSPS) is 37.0. The summed E-state index contributed by atoms with van der Waals surface area (Å²) in [5.74, 6) is 0.126. The molecule has 1 saturated carbocycles. The first-order valence-electron chi connectivity index (χ1n) is 7.57. The zero-order chi connectivity index (χ0) is 15.1. The average molecular weight is 283 g/mol. The van der Waals surface area contributed by atoms with Crippen LogP contribution in [0.4, 0.5) is 0 Å². The van der Waals surface area contributed by atoms with E-state index in [1.165, 1.54) is 0 Å². The molecule has 3 N–H and O–H groups in total. The van der Waals surface area contributed by atoms with Crippen molar-refractivity contribution in [1.82, 2.24) is 10.2 Å². The summed E-state index contributed by atoms with van der Waals surface area (Å²) < 4.78 is 5.84. The van der Waals surface area contributed by atoms with E-state index in [4.69, 9.17) is 10.5 Å². The van der Waals surface area contributed by atoms with Gasteiger partial charge >= 0.3 is 0 Å². The first kappa shape index (κ1) is 15.7. The molecule has 1 amide bonds. The van der Waals surface area contributed by atoms with Crippen molar-refractivity contribution < 1.29 is 9.53 Å². The number of carbonyl (C=O) groups is 1. The number of hydrogen-bond acceptors (Lipinski definition) is 4. The lowest BCUT2D eigenvalue weighted by Crippen LogP contribution is -2.82. The van der Waals surface area contributed by atoms with E-state index in [1.54, 1.807) is 0 Å². The third-order valence-electron chi connectivity index (χ3n) is 5.08. The predicted octanol–water partition coefficient (Wildman–Crippen LogP) is 0.585. The molecule has 0 bridgehead atoms. The molecule has 0 aromatic heterocycles. The summed E-state index contributed by atoms with van der Waals surface area (Å²) in [6, 6.07) is 0.0947. The largest absolute Gasteiger partial charge is 0.377 e. The van der Waals surface area contributed by atoms with Crippen LogP contribution in [0.3, 0.4) is 0 Å². The first-order valence-corrected chi connectivity index (χ1v) is 7.57. The number of ether oxygens (including phenoxy) is 1. The molecule has 0 spiro atoms. The fourth-order valence-electron chi connectivity index (χ4n) is 3.97. The Morgan fingerprint density at radius 1 is 1.50 bits per heavy atom. The lowest BCUT2D eigenvalue weighted by Gasteiger charge is -2.65. The van der Waals surface area contributed by atoms with Crippen molar-refractivity contribution in [2.45, 2.75) is 51.3 Å². The standard InChI is InChI=1S/C15H29N3O2/c1-10(9-18(4)5)17-13(19)15(16)11-7-6-8-20-12(11)14(15,2)3/h10-12H,6-9,16H2,1-5H3,(H,17,19). The predicted molar refractivity (Wildman–Crippen MR) is 79.3 cm³/mol. The molecule has 0 radical (unpaired) electrons. The van der Waals surface area contributed by atoms with Crippen LogP contribution in [-0.4, -0.2) is 55.7 Å². The molecule has 1 heterocycles. The second-order valence-corrected chi connectivity index (χ2v) is 7.27. The molecule has 5 nitrogen and oxygen atoms in total. The number of hydrogen-bond donors (Lipinski definition) is 2. The highest BCUT2D eigenvalue weighted by Crippen LogP contribution is 2.57. The molecule has 2 rings (SSSR count). The number of carbonyl (C=O) groups excluding carboxylic acids is 1. The van der Waals surface area contributed by atoms with Gasteiger partial charge in [-0.25, -0.2) is 0 Å². The van der Waals surface area contributed by atoms with Crippen LogP contribution in [0, 0.1) is 11.3 Å². The summed E-state index contributed by atoms with van der Waals surface area (Å²) in [5, 5.41) is 3.08. The van der Waals surface area contributed by atoms with Crippen molar-refractivity contribution in [2.24, 2.45) is 17.1 Å². The number of rotatable bonds is 4. The maximum Gasteiger partial charge on any atom is 0.241 e. The van der Waals surface area contributed by atoms with Crippen molar-refractivity contribution >= 4 is 5.91 Å². The van der Waals surface area contributed by atoms with Crippen LogP contribution < -0.4 is 11.1 Å². The topological polar surface area (TPSA) is 67.6 Å². The van der Waals surface area contributed by atoms with Crippen LogP contribution in [-0.2, 0) is 9.53 Å². The van der Waals surface area contributed by atoms with E-state index in [9.17, 15) is 4.79 Å². The van der Waals surface area contributed by atoms with E-state index in [2.05, 4.69) is 24.1 Å². The minimum Gasteiger partial charge on any atom is -0.377 e. The summed E-state index contributed by atoms with van der Waals surface area (Å²) in [5.41, 5.74) is 5.44. The number of nitrogens with two attached hydrogens (primary N) is 1. The molecule has 1 saturated heterocycles. The number of fused-ring (bicyclic) bond motifs is 1. The molecule has 4 unspecified atom stereocenters. The Hall–Kier alpha value is -0.650. The van der Waals surface area contributed by atoms with Crippen LogP contribution in [0.15, 0.2) is 0 Å². The lowest BCUT2D eigenvalue weighted by molar-refractivity contribution is -0.225. The molecular weight excluding hydrogens is 254 g/mol. The van der Waals surface area contributed by atoms with Crippen LogP contribution in [0.1, 0.15) is 33.6 Å². The van der Waals surface area contributed by atoms with Gasteiger partial charge < -0.3 is 20.7 Å². The van der Waals surface area contributed by atoms with Gasteiger partial charge in [0.05, 0.1) is 6.10 Å². The highest BCUT2D eigenvalue weighted by molar-refractivity contribution is 5.89. The Kier molecular flexibility index (Phi) is 4.15. The summed E-state index contributed by atoms with van der Waals surface area (Å²) in [4.78, 5) is 14.8. The van der Waals surface area contributed by atoms with Gasteiger partial charge in [0.15, 0.2) is 0 Å². The van der Waals surface area contributed by atoms with Crippen molar-refractivity contribution in [3.8, 4) is 0 Å². The van der Waals surface area contributed by atoms with E-state index < -0.39 is 5.54 Å². The SMILES string of the molecule is CC(CN(C)C)NC(=O)C1(N)C2CCCOC2C1(C)C. The van der Waals surface area contributed by atoms with Gasteiger partial charge in [-0.3, -0.25) is 4.79 Å². The van der Waals surface area contributed by atoms with Gasteiger partial charge in [-0.05, 0) is 33.9 Å². The van der Waals surface area contributed by atoms with Gasteiger partial charge in [-0.15, -0.1) is 0 Å². The molecule has 1 aliphatic heterocycles. The fourth-order valence-corrected chi connectivity index (χ4v) is 3.97. The van der Waals surface area contributed by atoms with Crippen LogP contribution in [0.5, 0.6) is 0 Å². The zero-order valence-corrected chi connectivity index (χ0v) is 13.4. The van der Waals surface area contributed by atoms with Gasteiger partial charge in [0.1, 0.15) is 5.54 Å². The quantitative estimate of drug-likeness (QED) is 0.792. The lowest BCUT2D eigenvalue weighted by atomic mass is 9.46. The van der Waals surface area contributed by atoms with E-state index in [-0.39, 0.29) is 29.4 Å². The summed E-state index contributed by atoms with van der Waals surface area (Å²) in [6.07, 6.45) is 2.10. The monoisotopic (exact) mass is 283 g/mol. The second-order valence-electron chi connectivity index (χ2n) is 7.27. The van der Waals surface area contributed by atoms with Gasteiger partial charge in [0.25, 0.3) is 0 Å². The second kappa shape index (κ2) is 5.28. The van der Waals surface area contributed by atoms with Crippen molar-refractivity contribution in [1.29, 1.82) is 0 Å². The Balaban J connectivity index is 2.07. The summed E-state index contributed by atoms with van der Waals surface area (Å²) in [6.45, 7) is 7.72. The summed E-state index contributed by atoms with van der Waals surface area (Å²) >= 11 is 0. The Labute approximate surface area is 122 Å². The maximum atomic E-state index is 12.7. The van der Waals surface area contributed by atoms with Gasteiger partial charge in [0.2, 0.25) is 5.91 Å². The molecule has 20 heavy (non-hydrogen) atoms. The summed E-state index contributed by atoms with van der Waals surface area (Å²) in [7, 11) is 4.00. The van der Waals surface area contributed by atoms with Gasteiger partial charge in [0, 0.05) is 30.5 Å². The molecule has 5 heteroatoms. The average Bonchev–Trinajstić information content (AvgIpc) is 2.36. The fraction of sp³-hybridized carbons (Fsp3) is 0.933. The molecule has 4 atom stereocenters. The third kappa shape index (κ3) is 2.26. The van der Waals surface area contributed by atoms with E-state index in [1.807, 2.05) is 21.0 Å². The first-order chi connectivity index (χ1) is 9.21. The number of amides is 1. The van der Waals surface area contributed by atoms with Crippen LogP contribution in [0.2, 0.25) is 0 Å². The number of nitrogens with zero attached hydrogens (tertiary/aromatic N) is 1. The molecule has 2 fully saturated rings. The van der Waals surface area contributed by atoms with Crippen LogP contribution >= 0.6 is 0 Å². The molecule has 0 aromatic carbocycles. The third-order valence-corrected chi connectivity index (χ3v) is 5.08. The highest BCUT2D eigenvalue weighted by Gasteiger charge is 2.70. The molecule has 0 aromatic rings. The van der Waals surface area contributed by atoms with E-state index >= 15 is 0 Å². The minimum absolute atomic E-state index is 0.0244. The van der Waals surface area contributed by atoms with E-state index in [0.29, 0.717) is 0 Å². The molecule has 1 aliphatic carbocycles. The minimum atomic E-state index is -0.807. The highest BCUT2D eigenvalue weighted by atomic mass is 16.5.